The molecule has 1 N–H and O–H groups in total. The summed E-state index contributed by atoms with van der Waals surface area (Å²) in [7, 11) is 1.57. The third-order valence-corrected chi connectivity index (χ3v) is 3.04. The molecule has 2 rings (SSSR count). The molecule has 0 radical (unpaired) electrons. The molecule has 0 aliphatic rings. The van der Waals surface area contributed by atoms with Crippen LogP contribution in [0.15, 0.2) is 48.5 Å². The highest BCUT2D eigenvalue weighted by Gasteiger charge is 2.16. The van der Waals surface area contributed by atoms with Gasteiger partial charge in [0, 0.05) is 0 Å². The van der Waals surface area contributed by atoms with E-state index in [-0.39, 0.29) is 5.91 Å². The number of carbonyl (C=O) groups excluding carboxylic acids is 1. The van der Waals surface area contributed by atoms with E-state index in [1.54, 1.807) is 26.2 Å². The number of carbonyl (C=O) groups is 1. The highest BCUT2D eigenvalue weighted by molar-refractivity contribution is 5.95. The molecule has 0 heterocycles. The van der Waals surface area contributed by atoms with Gasteiger partial charge in [0.25, 0.3) is 5.91 Å². The molecule has 0 saturated heterocycles. The predicted octanol–water partition coefficient (Wildman–Crippen LogP) is 3.41. The summed E-state index contributed by atoms with van der Waals surface area (Å²) in [5, 5.41) is 2.81. The molecule has 0 aliphatic heterocycles. The lowest BCUT2D eigenvalue weighted by molar-refractivity contribution is -0.122. The number of rotatable bonds is 5. The van der Waals surface area contributed by atoms with Crippen molar-refractivity contribution in [2.75, 3.05) is 12.4 Å². The average Bonchev–Trinajstić information content (AvgIpc) is 2.47. The summed E-state index contributed by atoms with van der Waals surface area (Å²) in [6.07, 6.45) is -0.600. The fourth-order valence-electron chi connectivity index (χ4n) is 1.93. The first kappa shape index (κ1) is 14.9. The summed E-state index contributed by atoms with van der Waals surface area (Å²) in [6, 6.07) is 14.9. The Balaban J connectivity index is 2.02. The summed E-state index contributed by atoms with van der Waals surface area (Å²) in [4.78, 5) is 12.2. The van der Waals surface area contributed by atoms with Crippen LogP contribution in [0.25, 0.3) is 0 Å². The van der Waals surface area contributed by atoms with E-state index < -0.39 is 6.10 Å². The molecule has 21 heavy (non-hydrogen) atoms. The normalized spacial score (nSPS) is 11.6. The number of methoxy groups -OCH3 is 1. The summed E-state index contributed by atoms with van der Waals surface area (Å²) in [6.45, 7) is 3.69. The molecule has 0 fully saturated rings. The monoisotopic (exact) mass is 285 g/mol. The Morgan fingerprint density at radius 1 is 1.14 bits per heavy atom. The minimum absolute atomic E-state index is 0.221. The average molecular weight is 285 g/mol. The van der Waals surface area contributed by atoms with Gasteiger partial charge in [-0.25, -0.2) is 0 Å². The lowest BCUT2D eigenvalue weighted by atomic mass is 10.2. The highest BCUT2D eigenvalue weighted by Crippen LogP contribution is 2.23. The molecule has 0 aliphatic carbocycles. The number of nitrogens with one attached hydrogen (secondary N) is 1. The molecule has 0 aromatic heterocycles. The van der Waals surface area contributed by atoms with E-state index >= 15 is 0 Å². The van der Waals surface area contributed by atoms with Gasteiger partial charge >= 0.3 is 0 Å². The van der Waals surface area contributed by atoms with Gasteiger partial charge in [0.1, 0.15) is 11.5 Å². The first-order valence-electron chi connectivity index (χ1n) is 6.77. The van der Waals surface area contributed by atoms with E-state index in [4.69, 9.17) is 9.47 Å². The zero-order valence-corrected chi connectivity index (χ0v) is 12.4. The van der Waals surface area contributed by atoms with Crippen LogP contribution in [0.5, 0.6) is 11.5 Å². The number of hydrogen-bond acceptors (Lipinski definition) is 3. The van der Waals surface area contributed by atoms with Crippen molar-refractivity contribution in [2.45, 2.75) is 20.0 Å². The molecule has 1 amide bonds. The van der Waals surface area contributed by atoms with Gasteiger partial charge in [-0.15, -0.1) is 0 Å². The molecule has 2 aromatic carbocycles. The van der Waals surface area contributed by atoms with Gasteiger partial charge in [-0.1, -0.05) is 24.3 Å². The van der Waals surface area contributed by atoms with Gasteiger partial charge in [0.2, 0.25) is 0 Å². The van der Waals surface area contributed by atoms with Crippen LogP contribution in [-0.2, 0) is 4.79 Å². The third kappa shape index (κ3) is 3.99. The van der Waals surface area contributed by atoms with E-state index in [1.807, 2.05) is 43.3 Å². The van der Waals surface area contributed by atoms with E-state index in [9.17, 15) is 4.79 Å². The van der Waals surface area contributed by atoms with Crippen LogP contribution in [0.2, 0.25) is 0 Å². The Labute approximate surface area is 124 Å². The van der Waals surface area contributed by atoms with Gasteiger partial charge < -0.3 is 14.8 Å². The Kier molecular flexibility index (Phi) is 4.82. The second-order valence-electron chi connectivity index (χ2n) is 4.77. The molecule has 1 atom stereocenters. The SMILES string of the molecule is COc1ccccc1NC(=O)C(C)Oc1cccc(C)c1. The quantitative estimate of drug-likeness (QED) is 0.915. The predicted molar refractivity (Wildman–Crippen MR) is 82.9 cm³/mol. The van der Waals surface area contributed by atoms with Crippen LogP contribution in [0.3, 0.4) is 0 Å². The number of para-hydroxylation sites is 2. The maximum atomic E-state index is 12.2. The Morgan fingerprint density at radius 3 is 2.62 bits per heavy atom. The fraction of sp³-hybridized carbons (Fsp3) is 0.235. The number of benzene rings is 2. The van der Waals surface area contributed by atoms with E-state index in [0.29, 0.717) is 17.2 Å². The Hall–Kier alpha value is -2.49. The van der Waals surface area contributed by atoms with Crippen molar-refractivity contribution in [2.24, 2.45) is 0 Å². The van der Waals surface area contributed by atoms with Crippen molar-refractivity contribution in [3.63, 3.8) is 0 Å². The van der Waals surface area contributed by atoms with Crippen LogP contribution >= 0.6 is 0 Å². The van der Waals surface area contributed by atoms with Crippen LogP contribution in [-0.4, -0.2) is 19.1 Å². The molecule has 4 heteroatoms. The van der Waals surface area contributed by atoms with Gasteiger partial charge in [0.15, 0.2) is 6.10 Å². The van der Waals surface area contributed by atoms with Crippen LogP contribution < -0.4 is 14.8 Å². The van der Waals surface area contributed by atoms with Crippen molar-refractivity contribution < 1.29 is 14.3 Å². The van der Waals surface area contributed by atoms with Gasteiger partial charge in [-0.3, -0.25) is 4.79 Å². The van der Waals surface area contributed by atoms with Crippen molar-refractivity contribution in [1.82, 2.24) is 0 Å². The Morgan fingerprint density at radius 2 is 1.90 bits per heavy atom. The third-order valence-electron chi connectivity index (χ3n) is 3.04. The zero-order chi connectivity index (χ0) is 15.2. The summed E-state index contributed by atoms with van der Waals surface area (Å²) in [5.41, 5.74) is 1.72. The largest absolute Gasteiger partial charge is 0.495 e. The fourth-order valence-corrected chi connectivity index (χ4v) is 1.93. The first-order valence-corrected chi connectivity index (χ1v) is 6.77. The molecular weight excluding hydrogens is 266 g/mol. The molecule has 0 saturated carbocycles. The van der Waals surface area contributed by atoms with Gasteiger partial charge in [0.05, 0.1) is 12.8 Å². The molecule has 2 aromatic rings. The maximum Gasteiger partial charge on any atom is 0.265 e. The molecular formula is C17H19NO3. The standard InChI is InChI=1S/C17H19NO3/c1-12-7-6-8-14(11-12)21-13(2)17(19)18-15-9-4-5-10-16(15)20-3/h4-11,13H,1-3H3,(H,18,19). The van der Waals surface area contributed by atoms with Crippen molar-refractivity contribution in [1.29, 1.82) is 0 Å². The highest BCUT2D eigenvalue weighted by atomic mass is 16.5. The molecule has 1 unspecified atom stereocenters. The van der Waals surface area contributed by atoms with Gasteiger partial charge in [-0.05, 0) is 43.7 Å². The summed E-state index contributed by atoms with van der Waals surface area (Å²) < 4.78 is 10.9. The van der Waals surface area contributed by atoms with Crippen LogP contribution in [0.4, 0.5) is 5.69 Å². The zero-order valence-electron chi connectivity index (χ0n) is 12.4. The van der Waals surface area contributed by atoms with Crippen molar-refractivity contribution in [3.05, 3.63) is 54.1 Å². The van der Waals surface area contributed by atoms with Gasteiger partial charge in [-0.2, -0.15) is 0 Å². The first-order chi connectivity index (χ1) is 10.1. The van der Waals surface area contributed by atoms with Crippen molar-refractivity contribution >= 4 is 11.6 Å². The number of amides is 1. The maximum absolute atomic E-state index is 12.2. The number of aryl methyl sites for hydroxylation is 1. The van der Waals surface area contributed by atoms with Crippen LogP contribution in [0.1, 0.15) is 12.5 Å². The lowest BCUT2D eigenvalue weighted by Gasteiger charge is -2.16. The molecule has 0 spiro atoms. The molecule has 4 nitrogen and oxygen atoms in total. The summed E-state index contributed by atoms with van der Waals surface area (Å²) in [5.74, 6) is 1.08. The second kappa shape index (κ2) is 6.79. The van der Waals surface area contributed by atoms with E-state index in [1.165, 1.54) is 0 Å². The smallest absolute Gasteiger partial charge is 0.265 e. The molecule has 110 valence electrons. The number of anilines is 1. The van der Waals surface area contributed by atoms with E-state index in [2.05, 4.69) is 5.32 Å². The van der Waals surface area contributed by atoms with Crippen molar-refractivity contribution in [3.8, 4) is 11.5 Å². The number of hydrogen-bond donors (Lipinski definition) is 1. The minimum Gasteiger partial charge on any atom is -0.495 e. The Bertz CT molecular complexity index is 625. The van der Waals surface area contributed by atoms with E-state index in [0.717, 1.165) is 5.56 Å². The molecule has 0 bridgehead atoms. The number of ether oxygens (including phenoxy) is 2. The summed E-state index contributed by atoms with van der Waals surface area (Å²) >= 11 is 0. The second-order valence-corrected chi connectivity index (χ2v) is 4.77. The lowest BCUT2D eigenvalue weighted by Crippen LogP contribution is -2.30. The minimum atomic E-state index is -0.600. The van der Waals surface area contributed by atoms with Crippen LogP contribution in [0, 0.1) is 6.92 Å². The topological polar surface area (TPSA) is 47.6 Å².